The van der Waals surface area contributed by atoms with E-state index in [4.69, 9.17) is 0 Å². The molecule has 0 atom stereocenters. The summed E-state index contributed by atoms with van der Waals surface area (Å²) in [5.41, 5.74) is 0.659. The zero-order valence-electron chi connectivity index (χ0n) is 8.82. The number of nitrogens with zero attached hydrogens (tertiary/aromatic N) is 2. The molecule has 1 saturated carbocycles. The van der Waals surface area contributed by atoms with Crippen LogP contribution in [0.3, 0.4) is 0 Å². The fraction of sp³-hybridized carbons (Fsp3) is 0.545. The summed E-state index contributed by atoms with van der Waals surface area (Å²) in [6.07, 6.45) is 8.37. The third-order valence-electron chi connectivity index (χ3n) is 2.91. The molecule has 0 unspecified atom stereocenters. The zero-order chi connectivity index (χ0) is 10.7. The molecule has 1 aromatic rings. The largest absolute Gasteiger partial charge is 0.389 e. The molecule has 82 valence electrons. The summed E-state index contributed by atoms with van der Waals surface area (Å²) in [4.78, 5) is 0. The van der Waals surface area contributed by atoms with Crippen molar-refractivity contribution >= 4 is 6.20 Å². The van der Waals surface area contributed by atoms with Crippen LogP contribution in [0, 0.1) is 0 Å². The molecule has 2 rings (SSSR count). The van der Waals surface area contributed by atoms with E-state index in [0.717, 1.165) is 31.4 Å². The second-order valence-electron chi connectivity index (χ2n) is 4.19. The minimum Gasteiger partial charge on any atom is -0.389 e. The zero-order valence-corrected chi connectivity index (χ0v) is 8.82. The molecule has 0 amide bonds. The van der Waals surface area contributed by atoms with Crippen LogP contribution in [-0.2, 0) is 6.54 Å². The molecule has 0 saturated heterocycles. The lowest BCUT2D eigenvalue weighted by molar-refractivity contribution is -0.0314. The monoisotopic (exact) mass is 207 g/mol. The first-order valence-corrected chi connectivity index (χ1v) is 5.31. The minimum atomic E-state index is -0.450. The second-order valence-corrected chi connectivity index (χ2v) is 4.19. The Morgan fingerprint density at radius 3 is 3.00 bits per heavy atom. The van der Waals surface area contributed by atoms with Crippen LogP contribution in [0.1, 0.15) is 24.8 Å². The summed E-state index contributed by atoms with van der Waals surface area (Å²) in [6.45, 7) is 5.05. The highest BCUT2D eigenvalue weighted by atomic mass is 16.3. The van der Waals surface area contributed by atoms with E-state index < -0.39 is 5.60 Å². The standard InChI is InChI=1S/C11H17N3O/c1-2-14-8-10(7-13-14)6-12-9-11(15)4-3-5-11/h2,7-8,12,15H,1,3-6,9H2. The lowest BCUT2D eigenvalue weighted by Gasteiger charge is -2.36. The minimum absolute atomic E-state index is 0.450. The molecule has 1 aliphatic carbocycles. The second kappa shape index (κ2) is 4.16. The Balaban J connectivity index is 1.75. The first-order valence-electron chi connectivity index (χ1n) is 5.31. The topological polar surface area (TPSA) is 50.1 Å². The van der Waals surface area contributed by atoms with Crippen LogP contribution in [0.4, 0.5) is 0 Å². The van der Waals surface area contributed by atoms with Crippen LogP contribution in [0.5, 0.6) is 0 Å². The molecule has 0 radical (unpaired) electrons. The maximum Gasteiger partial charge on any atom is 0.0771 e. The van der Waals surface area contributed by atoms with Gasteiger partial charge in [0.25, 0.3) is 0 Å². The number of hydrogen-bond acceptors (Lipinski definition) is 3. The van der Waals surface area contributed by atoms with Gasteiger partial charge in [0.15, 0.2) is 0 Å². The SMILES string of the molecule is C=Cn1cc(CNCC2(O)CCC2)cn1. The maximum absolute atomic E-state index is 9.84. The lowest BCUT2D eigenvalue weighted by atomic mass is 9.80. The fourth-order valence-corrected chi connectivity index (χ4v) is 1.77. The Morgan fingerprint density at radius 1 is 1.67 bits per heavy atom. The first-order chi connectivity index (χ1) is 7.22. The van der Waals surface area contributed by atoms with Crippen LogP contribution in [0.2, 0.25) is 0 Å². The highest BCUT2D eigenvalue weighted by Gasteiger charge is 2.33. The maximum atomic E-state index is 9.84. The summed E-state index contributed by atoms with van der Waals surface area (Å²) in [7, 11) is 0. The molecule has 0 aromatic carbocycles. The smallest absolute Gasteiger partial charge is 0.0771 e. The number of nitrogens with one attached hydrogen (secondary N) is 1. The van der Waals surface area contributed by atoms with E-state index in [2.05, 4.69) is 17.0 Å². The van der Waals surface area contributed by atoms with Gasteiger partial charge in [-0.15, -0.1) is 0 Å². The molecule has 1 heterocycles. The molecule has 1 aliphatic rings. The molecule has 2 N–H and O–H groups in total. The molecule has 4 heteroatoms. The first kappa shape index (κ1) is 10.4. The third-order valence-corrected chi connectivity index (χ3v) is 2.91. The van der Waals surface area contributed by atoms with E-state index in [1.807, 2.05) is 6.20 Å². The molecule has 1 fully saturated rings. The quantitative estimate of drug-likeness (QED) is 0.757. The van der Waals surface area contributed by atoms with Gasteiger partial charge < -0.3 is 10.4 Å². The summed E-state index contributed by atoms with van der Waals surface area (Å²) in [6, 6.07) is 0. The molecule has 15 heavy (non-hydrogen) atoms. The van der Waals surface area contributed by atoms with E-state index in [0.29, 0.717) is 6.54 Å². The molecule has 1 aromatic heterocycles. The average molecular weight is 207 g/mol. The molecule has 0 spiro atoms. The molecular weight excluding hydrogens is 190 g/mol. The van der Waals surface area contributed by atoms with Gasteiger partial charge >= 0.3 is 0 Å². The number of aliphatic hydroxyl groups is 1. The highest BCUT2D eigenvalue weighted by Crippen LogP contribution is 2.30. The fourth-order valence-electron chi connectivity index (χ4n) is 1.77. The predicted octanol–water partition coefficient (Wildman–Crippen LogP) is 0.988. The van der Waals surface area contributed by atoms with Gasteiger partial charge in [-0.1, -0.05) is 6.58 Å². The van der Waals surface area contributed by atoms with Crippen molar-refractivity contribution in [2.24, 2.45) is 0 Å². The number of hydrogen-bond donors (Lipinski definition) is 2. The van der Waals surface area contributed by atoms with Gasteiger partial charge in [-0.2, -0.15) is 5.10 Å². The van der Waals surface area contributed by atoms with Crippen LogP contribution < -0.4 is 5.32 Å². The Hall–Kier alpha value is -1.13. The van der Waals surface area contributed by atoms with Crippen LogP contribution in [0.25, 0.3) is 6.20 Å². The highest BCUT2D eigenvalue weighted by molar-refractivity contribution is 5.17. The van der Waals surface area contributed by atoms with Gasteiger partial charge in [-0.25, -0.2) is 4.68 Å². The van der Waals surface area contributed by atoms with Crippen LogP contribution in [0.15, 0.2) is 19.0 Å². The Kier molecular flexibility index (Phi) is 2.88. The van der Waals surface area contributed by atoms with Gasteiger partial charge in [0.2, 0.25) is 0 Å². The molecular formula is C11H17N3O. The summed E-state index contributed by atoms with van der Waals surface area (Å²) < 4.78 is 1.68. The van der Waals surface area contributed by atoms with Gasteiger partial charge in [0.05, 0.1) is 11.8 Å². The Bertz CT molecular complexity index is 341. The predicted molar refractivity (Wildman–Crippen MR) is 59.1 cm³/mol. The number of rotatable bonds is 5. The lowest BCUT2D eigenvalue weighted by Crippen LogP contribution is -2.45. The van der Waals surface area contributed by atoms with Gasteiger partial charge in [-0.3, -0.25) is 0 Å². The van der Waals surface area contributed by atoms with Gasteiger partial charge in [0.1, 0.15) is 0 Å². The Morgan fingerprint density at radius 2 is 2.47 bits per heavy atom. The summed E-state index contributed by atoms with van der Waals surface area (Å²) in [5.74, 6) is 0. The Labute approximate surface area is 89.6 Å². The van der Waals surface area contributed by atoms with Crippen molar-refractivity contribution < 1.29 is 5.11 Å². The van der Waals surface area contributed by atoms with Crippen molar-refractivity contribution in [3.63, 3.8) is 0 Å². The van der Waals surface area contributed by atoms with Crippen molar-refractivity contribution in [3.05, 3.63) is 24.5 Å². The van der Waals surface area contributed by atoms with E-state index in [1.165, 1.54) is 0 Å². The molecule has 4 nitrogen and oxygen atoms in total. The van der Waals surface area contributed by atoms with Crippen molar-refractivity contribution in [2.75, 3.05) is 6.54 Å². The van der Waals surface area contributed by atoms with Crippen molar-refractivity contribution in [3.8, 4) is 0 Å². The average Bonchev–Trinajstić information content (AvgIpc) is 2.63. The van der Waals surface area contributed by atoms with E-state index in [1.54, 1.807) is 17.1 Å². The van der Waals surface area contributed by atoms with Gasteiger partial charge in [0, 0.05) is 31.0 Å². The van der Waals surface area contributed by atoms with E-state index in [9.17, 15) is 5.11 Å². The normalized spacial score (nSPS) is 18.5. The van der Waals surface area contributed by atoms with E-state index >= 15 is 0 Å². The van der Waals surface area contributed by atoms with E-state index in [-0.39, 0.29) is 0 Å². The van der Waals surface area contributed by atoms with Crippen molar-refractivity contribution in [2.45, 2.75) is 31.4 Å². The van der Waals surface area contributed by atoms with Crippen LogP contribution in [-0.4, -0.2) is 27.0 Å². The summed E-state index contributed by atoms with van der Waals surface area (Å²) in [5, 5.41) is 17.2. The van der Waals surface area contributed by atoms with Gasteiger partial charge in [-0.05, 0) is 19.3 Å². The van der Waals surface area contributed by atoms with Crippen molar-refractivity contribution in [1.82, 2.24) is 15.1 Å². The molecule has 0 bridgehead atoms. The third kappa shape index (κ3) is 2.46. The van der Waals surface area contributed by atoms with Crippen LogP contribution >= 0.6 is 0 Å². The summed E-state index contributed by atoms with van der Waals surface area (Å²) >= 11 is 0. The molecule has 0 aliphatic heterocycles. The number of aromatic nitrogens is 2. The van der Waals surface area contributed by atoms with Crippen molar-refractivity contribution in [1.29, 1.82) is 0 Å².